The number of para-hydroxylation sites is 1. The van der Waals surface area contributed by atoms with Gasteiger partial charge in [0.25, 0.3) is 5.91 Å². The van der Waals surface area contributed by atoms with Crippen LogP contribution in [0.5, 0.6) is 11.5 Å². The molecule has 0 aliphatic rings. The van der Waals surface area contributed by atoms with Crippen molar-refractivity contribution in [2.24, 2.45) is 0 Å². The van der Waals surface area contributed by atoms with Crippen molar-refractivity contribution in [1.82, 2.24) is 10.0 Å². The van der Waals surface area contributed by atoms with Gasteiger partial charge in [-0.05, 0) is 42.8 Å². The van der Waals surface area contributed by atoms with E-state index in [0.29, 0.717) is 28.2 Å². The summed E-state index contributed by atoms with van der Waals surface area (Å²) in [6, 6.07) is 17.8. The van der Waals surface area contributed by atoms with Crippen LogP contribution in [0.25, 0.3) is 0 Å². The molecule has 34 heavy (non-hydrogen) atoms. The minimum absolute atomic E-state index is 0.0553. The number of methoxy groups -OCH3 is 2. The molecule has 0 saturated heterocycles. The van der Waals surface area contributed by atoms with E-state index >= 15 is 0 Å². The highest BCUT2D eigenvalue weighted by molar-refractivity contribution is 7.89. The first-order chi connectivity index (χ1) is 16.2. The molecule has 8 nitrogen and oxygen atoms in total. The number of carbonyl (C=O) groups excluding carboxylic acids is 2. The van der Waals surface area contributed by atoms with E-state index < -0.39 is 10.0 Å². The van der Waals surface area contributed by atoms with Gasteiger partial charge in [-0.1, -0.05) is 36.4 Å². The highest BCUT2D eigenvalue weighted by Crippen LogP contribution is 2.30. The van der Waals surface area contributed by atoms with Gasteiger partial charge in [-0.2, -0.15) is 0 Å². The van der Waals surface area contributed by atoms with Crippen LogP contribution in [-0.2, 0) is 23.1 Å². The second-order valence-electron chi connectivity index (χ2n) is 7.44. The fraction of sp³-hybridized carbons (Fsp3) is 0.200. The number of rotatable bonds is 10. The fourth-order valence-electron chi connectivity index (χ4n) is 3.27. The second-order valence-corrected chi connectivity index (χ2v) is 9.20. The number of ketones is 1. The second kappa shape index (κ2) is 11.0. The van der Waals surface area contributed by atoms with Gasteiger partial charge in [0.05, 0.1) is 19.1 Å². The lowest BCUT2D eigenvalue weighted by Gasteiger charge is -2.13. The van der Waals surface area contributed by atoms with E-state index in [-0.39, 0.29) is 29.7 Å². The number of hydrogen-bond donors (Lipinski definition) is 2. The van der Waals surface area contributed by atoms with E-state index in [1.807, 2.05) is 12.1 Å². The van der Waals surface area contributed by atoms with Gasteiger partial charge in [0.1, 0.15) is 0 Å². The smallest absolute Gasteiger partial charge is 0.251 e. The molecule has 0 saturated carbocycles. The van der Waals surface area contributed by atoms with Crippen LogP contribution in [0.2, 0.25) is 0 Å². The molecule has 1 amide bonds. The first kappa shape index (κ1) is 24.9. The summed E-state index contributed by atoms with van der Waals surface area (Å²) < 4.78 is 38.2. The third-order valence-corrected chi connectivity index (χ3v) is 6.59. The number of benzene rings is 3. The third-order valence-electron chi connectivity index (χ3n) is 5.18. The normalized spacial score (nSPS) is 11.0. The maximum atomic E-state index is 12.5. The molecular formula is C25H26N2O6S. The van der Waals surface area contributed by atoms with Crippen molar-refractivity contribution in [3.63, 3.8) is 0 Å². The van der Waals surface area contributed by atoms with Gasteiger partial charge in [-0.25, -0.2) is 13.1 Å². The van der Waals surface area contributed by atoms with Crippen molar-refractivity contribution in [3.8, 4) is 11.5 Å². The van der Waals surface area contributed by atoms with Crippen molar-refractivity contribution in [2.75, 3.05) is 14.2 Å². The molecule has 0 bridgehead atoms. The van der Waals surface area contributed by atoms with Gasteiger partial charge >= 0.3 is 0 Å². The minimum Gasteiger partial charge on any atom is -0.493 e. The number of sulfonamides is 1. The molecule has 0 spiro atoms. The molecule has 3 rings (SSSR count). The van der Waals surface area contributed by atoms with Crippen LogP contribution < -0.4 is 19.5 Å². The average Bonchev–Trinajstić information content (AvgIpc) is 2.86. The summed E-state index contributed by atoms with van der Waals surface area (Å²) in [6.07, 6.45) is 0. The Bertz CT molecular complexity index is 1270. The van der Waals surface area contributed by atoms with Crippen LogP contribution in [0.15, 0.2) is 71.6 Å². The number of carbonyl (C=O) groups is 2. The highest BCUT2D eigenvalue weighted by Gasteiger charge is 2.15. The van der Waals surface area contributed by atoms with Gasteiger partial charge in [0.2, 0.25) is 10.0 Å². The van der Waals surface area contributed by atoms with Crippen molar-refractivity contribution < 1.29 is 27.5 Å². The standard InChI is InChI=1S/C25H26N2O6S/c1-17(28)19-11-13-22(14-12-19)34(30,31)27-15-18-7-9-20(10-8-18)25(29)26-16-21-5-4-6-23(32-2)24(21)33-3/h4-14,27H,15-16H2,1-3H3,(H,26,29). The summed E-state index contributed by atoms with van der Waals surface area (Å²) >= 11 is 0. The highest BCUT2D eigenvalue weighted by atomic mass is 32.2. The van der Waals surface area contributed by atoms with Crippen molar-refractivity contribution in [3.05, 3.63) is 89.0 Å². The average molecular weight is 483 g/mol. The van der Waals surface area contributed by atoms with E-state index in [4.69, 9.17) is 9.47 Å². The Morgan fingerprint density at radius 2 is 1.47 bits per heavy atom. The van der Waals surface area contributed by atoms with Gasteiger partial charge in [0.15, 0.2) is 17.3 Å². The lowest BCUT2D eigenvalue weighted by atomic mass is 10.1. The molecule has 3 aromatic carbocycles. The van der Waals surface area contributed by atoms with Crippen molar-refractivity contribution in [2.45, 2.75) is 24.9 Å². The molecule has 2 N–H and O–H groups in total. The lowest BCUT2D eigenvalue weighted by Crippen LogP contribution is -2.24. The number of nitrogens with one attached hydrogen (secondary N) is 2. The maximum absolute atomic E-state index is 12.5. The number of ether oxygens (including phenoxy) is 2. The Morgan fingerprint density at radius 3 is 2.06 bits per heavy atom. The van der Waals surface area contributed by atoms with Crippen LogP contribution >= 0.6 is 0 Å². The Hall–Kier alpha value is -3.69. The number of amides is 1. The molecule has 0 fully saturated rings. The number of Topliss-reactive ketones (excluding diaryl/α,β-unsaturated/α-hetero) is 1. The van der Waals surface area contributed by atoms with Gasteiger partial charge in [0, 0.05) is 29.8 Å². The Labute approximate surface area is 199 Å². The van der Waals surface area contributed by atoms with E-state index in [0.717, 1.165) is 5.56 Å². The summed E-state index contributed by atoms with van der Waals surface area (Å²) in [6.45, 7) is 1.73. The molecular weight excluding hydrogens is 456 g/mol. The van der Waals surface area contributed by atoms with Gasteiger partial charge in [-0.15, -0.1) is 0 Å². The lowest BCUT2D eigenvalue weighted by molar-refractivity contribution is 0.0949. The van der Waals surface area contributed by atoms with E-state index in [1.54, 1.807) is 37.4 Å². The Balaban J connectivity index is 1.59. The summed E-state index contributed by atoms with van der Waals surface area (Å²) in [5.74, 6) is 0.728. The summed E-state index contributed by atoms with van der Waals surface area (Å²) in [4.78, 5) is 24.0. The predicted molar refractivity (Wildman–Crippen MR) is 128 cm³/mol. The molecule has 0 unspecified atom stereocenters. The van der Waals surface area contributed by atoms with E-state index in [2.05, 4.69) is 10.0 Å². The maximum Gasteiger partial charge on any atom is 0.251 e. The van der Waals surface area contributed by atoms with Gasteiger partial charge in [-0.3, -0.25) is 9.59 Å². The summed E-state index contributed by atoms with van der Waals surface area (Å²) in [5.41, 5.74) is 2.35. The molecule has 9 heteroatoms. The number of hydrogen-bond acceptors (Lipinski definition) is 6. The topological polar surface area (TPSA) is 111 Å². The van der Waals surface area contributed by atoms with E-state index in [9.17, 15) is 18.0 Å². The quantitative estimate of drug-likeness (QED) is 0.429. The molecule has 0 atom stereocenters. The van der Waals surface area contributed by atoms with Crippen LogP contribution in [0.1, 0.15) is 38.8 Å². The fourth-order valence-corrected chi connectivity index (χ4v) is 4.29. The summed E-state index contributed by atoms with van der Waals surface area (Å²) in [7, 11) is -0.655. The zero-order valence-electron chi connectivity index (χ0n) is 19.1. The SMILES string of the molecule is COc1cccc(CNC(=O)c2ccc(CNS(=O)(=O)c3ccc(C(C)=O)cc3)cc2)c1OC. The molecule has 0 aromatic heterocycles. The third kappa shape index (κ3) is 6.00. The first-order valence-electron chi connectivity index (χ1n) is 10.4. The molecule has 3 aromatic rings. The van der Waals surface area contributed by atoms with Crippen LogP contribution in [0, 0.1) is 0 Å². The zero-order chi connectivity index (χ0) is 24.7. The Kier molecular flexibility index (Phi) is 8.04. The molecule has 178 valence electrons. The Morgan fingerprint density at radius 1 is 0.824 bits per heavy atom. The summed E-state index contributed by atoms with van der Waals surface area (Å²) in [5, 5.41) is 2.84. The van der Waals surface area contributed by atoms with Crippen LogP contribution in [0.4, 0.5) is 0 Å². The predicted octanol–water partition coefficient (Wildman–Crippen LogP) is 3.31. The largest absolute Gasteiger partial charge is 0.493 e. The van der Waals surface area contributed by atoms with Crippen LogP contribution in [0.3, 0.4) is 0 Å². The van der Waals surface area contributed by atoms with Gasteiger partial charge < -0.3 is 14.8 Å². The molecule has 0 aliphatic heterocycles. The molecule has 0 radical (unpaired) electrons. The van der Waals surface area contributed by atoms with Crippen molar-refractivity contribution >= 4 is 21.7 Å². The van der Waals surface area contributed by atoms with Crippen LogP contribution in [-0.4, -0.2) is 34.3 Å². The minimum atomic E-state index is -3.74. The molecule has 0 aliphatic carbocycles. The zero-order valence-corrected chi connectivity index (χ0v) is 19.9. The van der Waals surface area contributed by atoms with E-state index in [1.165, 1.54) is 38.3 Å². The molecule has 0 heterocycles. The van der Waals surface area contributed by atoms with Crippen molar-refractivity contribution in [1.29, 1.82) is 0 Å². The first-order valence-corrected chi connectivity index (χ1v) is 11.9. The monoisotopic (exact) mass is 482 g/mol.